The number of carbonyl (C=O) groups is 1. The molecule has 0 aliphatic carbocycles. The van der Waals surface area contributed by atoms with E-state index in [0.29, 0.717) is 10.6 Å². The maximum atomic E-state index is 12.3. The van der Waals surface area contributed by atoms with Gasteiger partial charge < -0.3 is 14.8 Å². The Morgan fingerprint density at radius 3 is 3.05 bits per heavy atom. The van der Waals surface area contributed by atoms with Gasteiger partial charge in [0.05, 0.1) is 23.4 Å². The number of carbonyl (C=O) groups excluding carboxylic acids is 1. The molecule has 0 saturated heterocycles. The summed E-state index contributed by atoms with van der Waals surface area (Å²) in [6, 6.07) is 4.73. The first-order chi connectivity index (χ1) is 10.1. The zero-order valence-corrected chi connectivity index (χ0v) is 12.5. The summed E-state index contributed by atoms with van der Waals surface area (Å²) < 4.78 is 6.99. The highest BCUT2D eigenvalue weighted by Crippen LogP contribution is 2.28. The SMILES string of the molecule is Cc1nn(C)c2sc(C(=O)NC(CO)c3ccco3)cc12. The van der Waals surface area contributed by atoms with Crippen LogP contribution in [-0.4, -0.2) is 27.4 Å². The van der Waals surface area contributed by atoms with Crippen molar-refractivity contribution in [3.63, 3.8) is 0 Å². The molecule has 7 heteroatoms. The van der Waals surface area contributed by atoms with Gasteiger partial charge in [0.2, 0.25) is 0 Å². The molecule has 0 aliphatic rings. The summed E-state index contributed by atoms with van der Waals surface area (Å²) in [7, 11) is 1.85. The Morgan fingerprint density at radius 2 is 2.43 bits per heavy atom. The van der Waals surface area contributed by atoms with Gasteiger partial charge in [0.1, 0.15) is 16.6 Å². The number of aliphatic hydroxyl groups excluding tert-OH is 1. The molecule has 0 radical (unpaired) electrons. The highest BCUT2D eigenvalue weighted by Gasteiger charge is 2.20. The van der Waals surface area contributed by atoms with Crippen molar-refractivity contribution in [1.29, 1.82) is 0 Å². The fourth-order valence-electron chi connectivity index (χ4n) is 2.24. The molecule has 1 atom stereocenters. The first-order valence-corrected chi connectivity index (χ1v) is 7.30. The van der Waals surface area contributed by atoms with E-state index in [9.17, 15) is 9.90 Å². The second-order valence-electron chi connectivity index (χ2n) is 4.76. The number of rotatable bonds is 4. The Balaban J connectivity index is 1.85. The van der Waals surface area contributed by atoms with Gasteiger partial charge in [-0.25, -0.2) is 0 Å². The molecule has 0 fully saturated rings. The van der Waals surface area contributed by atoms with Crippen molar-refractivity contribution >= 4 is 27.5 Å². The van der Waals surface area contributed by atoms with E-state index >= 15 is 0 Å². The highest BCUT2D eigenvalue weighted by atomic mass is 32.1. The summed E-state index contributed by atoms with van der Waals surface area (Å²) in [5.74, 6) is 0.302. The van der Waals surface area contributed by atoms with Crippen molar-refractivity contribution < 1.29 is 14.3 Å². The van der Waals surface area contributed by atoms with Gasteiger partial charge in [0.25, 0.3) is 5.91 Å². The summed E-state index contributed by atoms with van der Waals surface area (Å²) >= 11 is 1.38. The standard InChI is InChI=1S/C14H15N3O3S/c1-8-9-6-12(21-14(9)17(2)16-8)13(19)15-10(7-18)11-4-3-5-20-11/h3-6,10,18H,7H2,1-2H3,(H,15,19). The molecule has 1 amide bonds. The maximum Gasteiger partial charge on any atom is 0.262 e. The van der Waals surface area contributed by atoms with Gasteiger partial charge in [-0.1, -0.05) is 0 Å². The molecule has 3 heterocycles. The number of furan rings is 1. The lowest BCUT2D eigenvalue weighted by molar-refractivity contribution is 0.0911. The summed E-state index contributed by atoms with van der Waals surface area (Å²) in [6.45, 7) is 1.70. The third-order valence-corrected chi connectivity index (χ3v) is 4.50. The zero-order chi connectivity index (χ0) is 15.0. The van der Waals surface area contributed by atoms with E-state index in [2.05, 4.69) is 10.4 Å². The van der Waals surface area contributed by atoms with Crippen molar-refractivity contribution in [2.45, 2.75) is 13.0 Å². The number of aliphatic hydroxyl groups is 1. The number of aryl methyl sites for hydroxylation is 2. The van der Waals surface area contributed by atoms with Crippen LogP contribution in [0.15, 0.2) is 28.9 Å². The van der Waals surface area contributed by atoms with E-state index in [1.54, 1.807) is 16.8 Å². The van der Waals surface area contributed by atoms with Crippen LogP contribution in [0.3, 0.4) is 0 Å². The van der Waals surface area contributed by atoms with E-state index in [1.807, 2.05) is 20.0 Å². The number of fused-ring (bicyclic) bond motifs is 1. The smallest absolute Gasteiger partial charge is 0.262 e. The summed E-state index contributed by atoms with van der Waals surface area (Å²) in [5.41, 5.74) is 0.896. The second-order valence-corrected chi connectivity index (χ2v) is 5.79. The van der Waals surface area contributed by atoms with Crippen LogP contribution in [0.2, 0.25) is 0 Å². The summed E-state index contributed by atoms with van der Waals surface area (Å²) in [6.07, 6.45) is 1.51. The molecule has 3 aromatic heterocycles. The number of thiophene rings is 1. The molecule has 0 spiro atoms. The minimum absolute atomic E-state index is 0.218. The normalized spacial score (nSPS) is 12.7. The van der Waals surface area contributed by atoms with Crippen molar-refractivity contribution in [3.8, 4) is 0 Å². The summed E-state index contributed by atoms with van der Waals surface area (Å²) in [5, 5.41) is 17.5. The second kappa shape index (κ2) is 5.34. The van der Waals surface area contributed by atoms with Crippen LogP contribution in [0.25, 0.3) is 10.2 Å². The Morgan fingerprint density at radius 1 is 1.62 bits per heavy atom. The monoisotopic (exact) mass is 305 g/mol. The average Bonchev–Trinajstić information content (AvgIpc) is 3.16. The lowest BCUT2D eigenvalue weighted by Gasteiger charge is -2.12. The van der Waals surface area contributed by atoms with E-state index in [4.69, 9.17) is 4.42 Å². The van der Waals surface area contributed by atoms with Crippen LogP contribution < -0.4 is 5.32 Å². The van der Waals surface area contributed by atoms with Crippen molar-refractivity contribution in [1.82, 2.24) is 15.1 Å². The van der Waals surface area contributed by atoms with Gasteiger partial charge in [-0.2, -0.15) is 5.10 Å². The van der Waals surface area contributed by atoms with Crippen LogP contribution in [-0.2, 0) is 7.05 Å². The first-order valence-electron chi connectivity index (χ1n) is 6.48. The number of nitrogens with one attached hydrogen (secondary N) is 1. The van der Waals surface area contributed by atoms with E-state index < -0.39 is 6.04 Å². The molecule has 0 aromatic carbocycles. The van der Waals surface area contributed by atoms with Crippen LogP contribution in [0.4, 0.5) is 0 Å². The first kappa shape index (κ1) is 13.8. The Bertz CT molecular complexity index is 738. The lowest BCUT2D eigenvalue weighted by Crippen LogP contribution is -2.29. The predicted octanol–water partition coefficient (Wildman–Crippen LogP) is 2.00. The van der Waals surface area contributed by atoms with Gasteiger partial charge in [-0.15, -0.1) is 11.3 Å². The lowest BCUT2D eigenvalue weighted by atomic mass is 10.2. The molecule has 3 rings (SSSR count). The molecule has 3 aromatic rings. The Kier molecular flexibility index (Phi) is 3.52. The number of nitrogens with zero attached hydrogens (tertiary/aromatic N) is 2. The number of hydrogen-bond acceptors (Lipinski definition) is 5. The van der Waals surface area contributed by atoms with Crippen molar-refractivity contribution in [2.75, 3.05) is 6.61 Å². The third-order valence-electron chi connectivity index (χ3n) is 3.29. The quantitative estimate of drug-likeness (QED) is 0.772. The van der Waals surface area contributed by atoms with Gasteiger partial charge in [0.15, 0.2) is 0 Å². The van der Waals surface area contributed by atoms with Gasteiger partial charge in [-0.3, -0.25) is 9.48 Å². The molecule has 21 heavy (non-hydrogen) atoms. The molecule has 0 saturated carbocycles. The molecule has 110 valence electrons. The maximum absolute atomic E-state index is 12.3. The minimum atomic E-state index is -0.545. The minimum Gasteiger partial charge on any atom is -0.467 e. The topological polar surface area (TPSA) is 80.3 Å². The number of hydrogen-bond donors (Lipinski definition) is 2. The van der Waals surface area contributed by atoms with Gasteiger partial charge >= 0.3 is 0 Å². The van der Waals surface area contributed by atoms with Gasteiger partial charge in [0, 0.05) is 12.4 Å². The largest absolute Gasteiger partial charge is 0.467 e. The fraction of sp³-hybridized carbons (Fsp3) is 0.286. The van der Waals surface area contributed by atoms with E-state index in [1.165, 1.54) is 17.6 Å². The molecular formula is C14H15N3O3S. The Labute approximate surface area is 125 Å². The summed E-state index contributed by atoms with van der Waals surface area (Å²) in [4.78, 5) is 13.9. The van der Waals surface area contributed by atoms with Gasteiger partial charge in [-0.05, 0) is 25.1 Å². The Hall–Kier alpha value is -2.12. The molecule has 2 N–H and O–H groups in total. The molecule has 0 bridgehead atoms. The van der Waals surface area contributed by atoms with Crippen LogP contribution in [0.5, 0.6) is 0 Å². The van der Waals surface area contributed by atoms with Crippen LogP contribution in [0.1, 0.15) is 27.2 Å². The predicted molar refractivity (Wildman–Crippen MR) is 79.3 cm³/mol. The van der Waals surface area contributed by atoms with E-state index in [-0.39, 0.29) is 12.5 Å². The van der Waals surface area contributed by atoms with Crippen molar-refractivity contribution in [3.05, 3.63) is 40.8 Å². The zero-order valence-electron chi connectivity index (χ0n) is 11.7. The average molecular weight is 305 g/mol. The molecule has 0 aliphatic heterocycles. The van der Waals surface area contributed by atoms with Crippen LogP contribution in [0, 0.1) is 6.92 Å². The number of amides is 1. The molecular weight excluding hydrogens is 290 g/mol. The highest BCUT2D eigenvalue weighted by molar-refractivity contribution is 7.20. The number of aromatic nitrogens is 2. The van der Waals surface area contributed by atoms with Crippen molar-refractivity contribution in [2.24, 2.45) is 7.05 Å². The van der Waals surface area contributed by atoms with E-state index in [0.717, 1.165) is 15.9 Å². The third kappa shape index (κ3) is 2.45. The van der Waals surface area contributed by atoms with Crippen LogP contribution >= 0.6 is 11.3 Å². The fourth-order valence-corrected chi connectivity index (χ4v) is 3.27. The molecule has 1 unspecified atom stereocenters. The molecule has 6 nitrogen and oxygen atoms in total.